The van der Waals surface area contributed by atoms with Crippen molar-refractivity contribution < 1.29 is 14.3 Å². The first-order valence-electron chi connectivity index (χ1n) is 10.4. The second-order valence-corrected chi connectivity index (χ2v) is 8.48. The van der Waals surface area contributed by atoms with Gasteiger partial charge in [0, 0.05) is 29.9 Å². The number of benzene rings is 3. The van der Waals surface area contributed by atoms with Crippen LogP contribution in [0.15, 0.2) is 72.8 Å². The zero-order valence-corrected chi connectivity index (χ0v) is 18.1. The average Bonchev–Trinajstić information content (AvgIpc) is 3.28. The van der Waals surface area contributed by atoms with E-state index in [0.29, 0.717) is 35.6 Å². The van der Waals surface area contributed by atoms with Gasteiger partial charge in [0.05, 0.1) is 29.0 Å². The Kier molecular flexibility index (Phi) is 5.66. The van der Waals surface area contributed by atoms with Gasteiger partial charge >= 0.3 is 0 Å². The molecule has 0 aliphatic carbocycles. The molecule has 1 aromatic heterocycles. The molecule has 1 saturated heterocycles. The monoisotopic (exact) mass is 443 g/mol. The van der Waals surface area contributed by atoms with Crippen LogP contribution in [0.5, 0.6) is 0 Å². The van der Waals surface area contributed by atoms with Crippen molar-refractivity contribution >= 4 is 44.1 Å². The minimum Gasteiger partial charge on any atom is -0.378 e. The van der Waals surface area contributed by atoms with E-state index in [-0.39, 0.29) is 11.7 Å². The topological polar surface area (TPSA) is 71.5 Å². The summed E-state index contributed by atoms with van der Waals surface area (Å²) < 4.78 is 6.42. The minimum absolute atomic E-state index is 0.176. The quantitative estimate of drug-likeness (QED) is 0.456. The molecule has 4 aromatic rings. The molecule has 0 radical (unpaired) electrons. The zero-order chi connectivity index (χ0) is 21.9. The lowest BCUT2D eigenvalue weighted by atomic mass is 9.98. The van der Waals surface area contributed by atoms with Gasteiger partial charge in [-0.3, -0.25) is 9.59 Å². The smallest absolute Gasteiger partial charge is 0.256 e. The number of rotatable bonds is 5. The highest BCUT2D eigenvalue weighted by molar-refractivity contribution is 7.22. The van der Waals surface area contributed by atoms with Crippen LogP contribution in [0.1, 0.15) is 26.3 Å². The lowest BCUT2D eigenvalue weighted by molar-refractivity contribution is 0.0996. The molecular formula is C25H21N3O3S. The average molecular weight is 444 g/mol. The zero-order valence-electron chi connectivity index (χ0n) is 17.3. The van der Waals surface area contributed by atoms with Gasteiger partial charge in [0.15, 0.2) is 10.9 Å². The van der Waals surface area contributed by atoms with Gasteiger partial charge in [0.25, 0.3) is 5.91 Å². The van der Waals surface area contributed by atoms with Crippen LogP contribution >= 0.6 is 11.3 Å². The Balaban J connectivity index is 1.39. The third-order valence-corrected chi connectivity index (χ3v) is 6.45. The van der Waals surface area contributed by atoms with Gasteiger partial charge in [-0.15, -0.1) is 0 Å². The normalized spacial score (nSPS) is 13.8. The maximum Gasteiger partial charge on any atom is 0.256 e. The molecule has 1 N–H and O–H groups in total. The molecule has 160 valence electrons. The van der Waals surface area contributed by atoms with Crippen LogP contribution in [-0.4, -0.2) is 43.0 Å². The maximum absolute atomic E-state index is 13.1. The van der Waals surface area contributed by atoms with Gasteiger partial charge in [-0.2, -0.15) is 0 Å². The Morgan fingerprint density at radius 3 is 2.41 bits per heavy atom. The van der Waals surface area contributed by atoms with Gasteiger partial charge in [-0.1, -0.05) is 59.9 Å². The molecule has 32 heavy (non-hydrogen) atoms. The van der Waals surface area contributed by atoms with Gasteiger partial charge in [-0.25, -0.2) is 4.98 Å². The molecule has 0 unspecified atom stereocenters. The lowest BCUT2D eigenvalue weighted by Gasteiger charge is -2.25. The van der Waals surface area contributed by atoms with Crippen molar-refractivity contribution in [3.05, 3.63) is 89.5 Å². The van der Waals surface area contributed by atoms with Crippen LogP contribution in [0.2, 0.25) is 0 Å². The van der Waals surface area contributed by atoms with E-state index in [1.165, 1.54) is 0 Å². The highest BCUT2D eigenvalue weighted by Crippen LogP contribution is 2.31. The molecule has 1 aliphatic rings. The summed E-state index contributed by atoms with van der Waals surface area (Å²) in [6.45, 7) is 3.07. The van der Waals surface area contributed by atoms with E-state index in [4.69, 9.17) is 9.72 Å². The van der Waals surface area contributed by atoms with E-state index in [1.54, 1.807) is 47.7 Å². The fourth-order valence-corrected chi connectivity index (χ4v) is 4.76. The molecule has 2 heterocycles. The first-order valence-corrected chi connectivity index (χ1v) is 11.2. The SMILES string of the molecule is O=C(Nc1ccc2nc(N3CCOCC3)sc2c1)c1ccccc1C(=O)c1ccccc1. The fourth-order valence-electron chi connectivity index (χ4n) is 3.70. The van der Waals surface area contributed by atoms with E-state index in [2.05, 4.69) is 10.2 Å². The summed E-state index contributed by atoms with van der Waals surface area (Å²) in [6, 6.07) is 21.5. The van der Waals surface area contributed by atoms with E-state index in [9.17, 15) is 9.59 Å². The fraction of sp³-hybridized carbons (Fsp3) is 0.160. The maximum atomic E-state index is 13.1. The summed E-state index contributed by atoms with van der Waals surface area (Å²) in [5.74, 6) is -0.494. The Morgan fingerprint density at radius 2 is 1.62 bits per heavy atom. The number of ketones is 1. The van der Waals surface area contributed by atoms with Gasteiger partial charge in [0.2, 0.25) is 0 Å². The molecule has 7 heteroatoms. The van der Waals surface area contributed by atoms with E-state index >= 15 is 0 Å². The van der Waals surface area contributed by atoms with E-state index in [0.717, 1.165) is 28.4 Å². The first-order chi connectivity index (χ1) is 15.7. The van der Waals surface area contributed by atoms with Gasteiger partial charge in [-0.05, 0) is 24.3 Å². The molecule has 5 rings (SSSR count). The predicted molar refractivity (Wildman–Crippen MR) is 127 cm³/mol. The third-order valence-electron chi connectivity index (χ3n) is 5.37. The molecule has 1 aliphatic heterocycles. The number of carbonyl (C=O) groups is 2. The number of anilines is 2. The Bertz CT molecular complexity index is 1280. The summed E-state index contributed by atoms with van der Waals surface area (Å²) in [4.78, 5) is 33.0. The van der Waals surface area contributed by atoms with Gasteiger partial charge < -0.3 is 15.0 Å². The molecule has 0 spiro atoms. The van der Waals surface area contributed by atoms with Crippen molar-refractivity contribution in [2.24, 2.45) is 0 Å². The number of hydrogen-bond acceptors (Lipinski definition) is 6. The van der Waals surface area contributed by atoms with Crippen LogP contribution in [0.25, 0.3) is 10.2 Å². The standard InChI is InChI=1S/C25H21N3O3S/c29-23(17-6-2-1-3-7-17)19-8-4-5-9-20(19)24(30)26-18-10-11-21-22(16-18)32-25(27-21)28-12-14-31-15-13-28/h1-11,16H,12-15H2,(H,26,30). The van der Waals surface area contributed by atoms with Gasteiger partial charge in [0.1, 0.15) is 0 Å². The van der Waals surface area contributed by atoms with Crippen LogP contribution in [0, 0.1) is 0 Å². The molecule has 3 aromatic carbocycles. The summed E-state index contributed by atoms with van der Waals surface area (Å²) in [7, 11) is 0. The van der Waals surface area contributed by atoms with Crippen molar-refractivity contribution in [1.29, 1.82) is 0 Å². The minimum atomic E-state index is -0.317. The summed E-state index contributed by atoms with van der Waals surface area (Å²) in [5, 5.41) is 3.90. The number of nitrogens with one attached hydrogen (secondary N) is 1. The number of carbonyl (C=O) groups excluding carboxylic acids is 2. The van der Waals surface area contributed by atoms with Crippen LogP contribution in [0.3, 0.4) is 0 Å². The van der Waals surface area contributed by atoms with Crippen LogP contribution in [-0.2, 0) is 4.74 Å². The number of ether oxygens (including phenoxy) is 1. The number of hydrogen-bond donors (Lipinski definition) is 1. The molecule has 6 nitrogen and oxygen atoms in total. The number of fused-ring (bicyclic) bond motifs is 1. The molecule has 0 saturated carbocycles. The number of nitrogens with zero attached hydrogens (tertiary/aromatic N) is 2. The van der Waals surface area contributed by atoms with Crippen LogP contribution < -0.4 is 10.2 Å². The molecule has 0 bridgehead atoms. The first kappa shape index (κ1) is 20.4. The predicted octanol–water partition coefficient (Wildman–Crippen LogP) is 4.62. The molecule has 0 atom stereocenters. The Morgan fingerprint density at radius 1 is 0.906 bits per heavy atom. The van der Waals surface area contributed by atoms with Crippen molar-refractivity contribution in [3.63, 3.8) is 0 Å². The molecule has 1 fully saturated rings. The lowest BCUT2D eigenvalue weighted by Crippen LogP contribution is -2.36. The highest BCUT2D eigenvalue weighted by Gasteiger charge is 2.19. The number of amides is 1. The van der Waals surface area contributed by atoms with E-state index in [1.807, 2.05) is 36.4 Å². The van der Waals surface area contributed by atoms with Crippen molar-refractivity contribution in [3.8, 4) is 0 Å². The van der Waals surface area contributed by atoms with Crippen LogP contribution in [0.4, 0.5) is 10.8 Å². The summed E-state index contributed by atoms with van der Waals surface area (Å²) >= 11 is 1.60. The highest BCUT2D eigenvalue weighted by atomic mass is 32.1. The second-order valence-electron chi connectivity index (χ2n) is 7.47. The molecule has 1 amide bonds. The second kappa shape index (κ2) is 8.90. The Hall–Kier alpha value is -3.55. The Labute approximate surface area is 189 Å². The van der Waals surface area contributed by atoms with Crippen molar-refractivity contribution in [1.82, 2.24) is 4.98 Å². The van der Waals surface area contributed by atoms with E-state index < -0.39 is 0 Å². The number of thiazole rings is 1. The largest absolute Gasteiger partial charge is 0.378 e. The number of aromatic nitrogens is 1. The summed E-state index contributed by atoms with van der Waals surface area (Å²) in [6.07, 6.45) is 0. The molecular weight excluding hydrogens is 422 g/mol. The van der Waals surface area contributed by atoms with Crippen molar-refractivity contribution in [2.45, 2.75) is 0 Å². The summed E-state index contributed by atoms with van der Waals surface area (Å²) in [5.41, 5.74) is 2.84. The third kappa shape index (κ3) is 4.12. The van der Waals surface area contributed by atoms with Crippen molar-refractivity contribution in [2.75, 3.05) is 36.5 Å². The number of morpholine rings is 1.